The van der Waals surface area contributed by atoms with Crippen molar-refractivity contribution in [2.45, 2.75) is 33.0 Å². The Morgan fingerprint density at radius 3 is 2.79 bits per heavy atom. The van der Waals surface area contributed by atoms with Gasteiger partial charge in [-0.25, -0.2) is 0 Å². The molecule has 0 bridgehead atoms. The minimum absolute atomic E-state index is 0. The Bertz CT molecular complexity index is 356. The van der Waals surface area contributed by atoms with E-state index >= 15 is 0 Å². The smallest absolute Gasteiger partial charge is 0.178 e. The molecule has 0 saturated heterocycles. The van der Waals surface area contributed by atoms with Gasteiger partial charge in [-0.2, -0.15) is 0 Å². The average molecular weight is 367 g/mol. The molecule has 2 rings (SSSR count). The van der Waals surface area contributed by atoms with Crippen LogP contribution in [-0.2, 0) is 33.5 Å². The van der Waals surface area contributed by atoms with Gasteiger partial charge in [0.1, 0.15) is 0 Å². The second-order valence-corrected chi connectivity index (χ2v) is 3.61. The van der Waals surface area contributed by atoms with Crippen LogP contribution in [-0.4, -0.2) is 27.2 Å². The maximum atomic E-state index is 11.1. The number of fused-ring (bicyclic) bond motifs is 1. The molecule has 0 atom stereocenters. The molecule has 1 aliphatic rings. The molecular formula is C8H13N4ORe-. The third kappa shape index (κ3) is 1.97. The van der Waals surface area contributed by atoms with E-state index in [4.69, 9.17) is 0 Å². The van der Waals surface area contributed by atoms with E-state index in [9.17, 15) is 4.79 Å². The first-order valence-electron chi connectivity index (χ1n) is 4.51. The Morgan fingerprint density at radius 1 is 1.43 bits per heavy atom. The largest absolute Gasteiger partial charge is 0.396 e. The van der Waals surface area contributed by atoms with Crippen molar-refractivity contribution >= 4 is 0 Å². The quantitative estimate of drug-likeness (QED) is 0.667. The molecule has 0 saturated carbocycles. The Kier molecular flexibility index (Phi) is 3.65. The maximum absolute atomic E-state index is 11.1. The van der Waals surface area contributed by atoms with Gasteiger partial charge in [0, 0.05) is 38.8 Å². The molecule has 1 aromatic heterocycles. The van der Waals surface area contributed by atoms with Gasteiger partial charge in [0.05, 0.1) is 0 Å². The number of hydrogen-bond acceptors (Lipinski definition) is 3. The summed E-state index contributed by atoms with van der Waals surface area (Å²) in [5.41, 5.74) is -0.210. The van der Waals surface area contributed by atoms with Crippen molar-refractivity contribution in [3.63, 3.8) is 0 Å². The fraction of sp³-hybridized carbons (Fsp3) is 0.750. The van der Waals surface area contributed by atoms with Gasteiger partial charge in [0.2, 0.25) is 0 Å². The maximum Gasteiger partial charge on any atom is 0.178 e. The molecule has 0 aliphatic carbocycles. The summed E-state index contributed by atoms with van der Waals surface area (Å²) in [6.07, 6.45) is 0. The van der Waals surface area contributed by atoms with Crippen LogP contribution in [0.15, 0.2) is 4.79 Å². The number of hydrogen-bond donors (Lipinski definition) is 0. The molecule has 1 aromatic rings. The zero-order chi connectivity index (χ0) is 9.42. The molecule has 0 amide bonds. The topological polar surface area (TPSA) is 52.2 Å². The summed E-state index contributed by atoms with van der Waals surface area (Å²) in [6, 6.07) is 0.501. The van der Waals surface area contributed by atoms with E-state index in [1.165, 1.54) is 0 Å². The molecule has 79 valence electrons. The zero-order valence-corrected chi connectivity index (χ0v) is 11.0. The van der Waals surface area contributed by atoms with Crippen molar-refractivity contribution in [3.8, 4) is 0 Å². The first kappa shape index (κ1) is 11.6. The first-order chi connectivity index (χ1) is 6.18. The van der Waals surface area contributed by atoms with Gasteiger partial charge in [-0.3, -0.25) is 14.8 Å². The van der Waals surface area contributed by atoms with E-state index in [1.54, 1.807) is 4.57 Å². The summed E-state index contributed by atoms with van der Waals surface area (Å²) in [6.45, 7) is 6.67. The average Bonchev–Trinajstić information content (AvgIpc) is 2.47. The van der Waals surface area contributed by atoms with Crippen LogP contribution >= 0.6 is 0 Å². The van der Waals surface area contributed by atoms with Crippen LogP contribution in [0.25, 0.3) is 0 Å². The van der Waals surface area contributed by atoms with E-state index in [0.717, 1.165) is 25.5 Å². The summed E-state index contributed by atoms with van der Waals surface area (Å²) in [4.78, 5) is 13.4. The number of nitrogens with zero attached hydrogens (tertiary/aromatic N) is 4. The van der Waals surface area contributed by atoms with Gasteiger partial charge >= 0.3 is 0 Å². The van der Waals surface area contributed by atoms with Gasteiger partial charge in [0.15, 0.2) is 5.69 Å². The second-order valence-electron chi connectivity index (χ2n) is 3.61. The van der Waals surface area contributed by atoms with Crippen molar-refractivity contribution in [1.82, 2.24) is 19.7 Å². The fourth-order valence-corrected chi connectivity index (χ4v) is 1.59. The van der Waals surface area contributed by atoms with Crippen LogP contribution in [0.5, 0.6) is 0 Å². The van der Waals surface area contributed by atoms with E-state index in [0.29, 0.717) is 6.04 Å². The predicted octanol–water partition coefficient (Wildman–Crippen LogP) is -0.578. The Morgan fingerprint density at radius 2 is 2.14 bits per heavy atom. The van der Waals surface area contributed by atoms with Gasteiger partial charge in [-0.15, -0.1) is 0 Å². The Balaban J connectivity index is 0.000000980. The van der Waals surface area contributed by atoms with Crippen LogP contribution in [0, 0.1) is 0 Å². The summed E-state index contributed by atoms with van der Waals surface area (Å²) in [5, 5.41) is 7.37. The van der Waals surface area contributed by atoms with Crippen LogP contribution in [0.3, 0.4) is 0 Å². The van der Waals surface area contributed by atoms with Crippen LogP contribution in [0.4, 0.5) is 0 Å². The summed E-state index contributed by atoms with van der Waals surface area (Å²) >= 11 is 0. The minimum atomic E-state index is -0.210. The standard InChI is InChI=1S/C8H14N4O.Re/c1-6(2)11-3-4-12-7(5-11)9-10-8(12)13;/h6H,3-5H2,1-2H3,(H,10,13);/p-1. The Hall–Kier alpha value is -0.438. The van der Waals surface area contributed by atoms with Crippen LogP contribution in [0.2, 0.25) is 0 Å². The molecule has 5 nitrogen and oxygen atoms in total. The molecule has 6 heteroatoms. The van der Waals surface area contributed by atoms with E-state index in [2.05, 4.69) is 28.9 Å². The molecule has 1 aliphatic heterocycles. The summed E-state index contributed by atoms with van der Waals surface area (Å²) in [7, 11) is 0. The van der Waals surface area contributed by atoms with E-state index in [-0.39, 0.29) is 26.1 Å². The zero-order valence-electron chi connectivity index (χ0n) is 8.27. The van der Waals surface area contributed by atoms with Crippen LogP contribution in [0.1, 0.15) is 19.7 Å². The molecular weight excluding hydrogens is 354 g/mol. The SMILES string of the molecule is CC(C)N1CCn2c(n[n-]c2=O)C1.[Re]. The second kappa shape index (κ2) is 4.39. The number of rotatable bonds is 1. The van der Waals surface area contributed by atoms with Crippen molar-refractivity contribution < 1.29 is 20.4 Å². The van der Waals surface area contributed by atoms with Crippen LogP contribution < -0.4 is 10.8 Å². The number of aromatic nitrogens is 3. The van der Waals surface area contributed by atoms with Gasteiger partial charge < -0.3 is 9.67 Å². The van der Waals surface area contributed by atoms with Gasteiger partial charge in [-0.1, -0.05) is 0 Å². The normalized spacial score (nSPS) is 16.5. The first-order valence-corrected chi connectivity index (χ1v) is 4.51. The van der Waals surface area contributed by atoms with E-state index in [1.807, 2.05) is 0 Å². The van der Waals surface area contributed by atoms with Gasteiger partial charge in [-0.05, 0) is 26.9 Å². The van der Waals surface area contributed by atoms with Crippen molar-refractivity contribution in [2.24, 2.45) is 0 Å². The molecule has 14 heavy (non-hydrogen) atoms. The third-order valence-electron chi connectivity index (χ3n) is 2.48. The monoisotopic (exact) mass is 368 g/mol. The minimum Gasteiger partial charge on any atom is -0.396 e. The summed E-state index contributed by atoms with van der Waals surface area (Å²) < 4.78 is 1.65. The molecule has 0 N–H and O–H groups in total. The predicted molar refractivity (Wildman–Crippen MR) is 47.4 cm³/mol. The van der Waals surface area contributed by atoms with Crippen molar-refractivity contribution in [1.29, 1.82) is 0 Å². The van der Waals surface area contributed by atoms with Crippen molar-refractivity contribution in [3.05, 3.63) is 16.3 Å². The third-order valence-corrected chi connectivity index (χ3v) is 2.48. The molecule has 1 radical (unpaired) electrons. The molecule has 2 heterocycles. The molecule has 0 fully saturated rings. The molecule has 0 spiro atoms. The van der Waals surface area contributed by atoms with Gasteiger partial charge in [0.25, 0.3) is 0 Å². The molecule has 0 aromatic carbocycles. The fourth-order valence-electron chi connectivity index (χ4n) is 1.59. The van der Waals surface area contributed by atoms with Crippen molar-refractivity contribution in [2.75, 3.05) is 6.54 Å². The molecule has 0 unspecified atom stereocenters. The Labute approximate surface area is 96.1 Å². The van der Waals surface area contributed by atoms with E-state index < -0.39 is 0 Å². The summed E-state index contributed by atoms with van der Waals surface area (Å²) in [5.74, 6) is 0.796.